The summed E-state index contributed by atoms with van der Waals surface area (Å²) < 4.78 is 12.3. The molecule has 2 rings (SSSR count). The number of quaternary nitrogens is 1. The predicted octanol–water partition coefficient (Wildman–Crippen LogP) is 7.30. The first kappa shape index (κ1) is 27.9. The summed E-state index contributed by atoms with van der Waals surface area (Å²) in [4.78, 5) is 12.5. The van der Waals surface area contributed by atoms with Gasteiger partial charge in [0, 0.05) is 12.5 Å². The molecule has 0 aliphatic rings. The van der Waals surface area contributed by atoms with Gasteiger partial charge in [0.15, 0.2) is 0 Å². The summed E-state index contributed by atoms with van der Waals surface area (Å²) in [7, 11) is 4.28. The summed E-state index contributed by atoms with van der Waals surface area (Å²) in [6, 6.07) is 18.5. The van der Waals surface area contributed by atoms with Crippen LogP contribution < -0.4 is 4.74 Å². The van der Waals surface area contributed by atoms with Crippen LogP contribution in [0.5, 0.6) is 5.75 Å². The highest BCUT2D eigenvalue weighted by atomic mass is 16.7. The van der Waals surface area contributed by atoms with E-state index in [2.05, 4.69) is 57.4 Å². The highest BCUT2D eigenvalue weighted by molar-refractivity contribution is 5.69. The van der Waals surface area contributed by atoms with E-state index in [9.17, 15) is 4.79 Å². The lowest BCUT2D eigenvalue weighted by molar-refractivity contribution is -0.903. The monoisotopic (exact) mass is 468 g/mol. The van der Waals surface area contributed by atoms with Crippen molar-refractivity contribution in [2.45, 2.75) is 90.9 Å². The molecule has 188 valence electrons. The highest BCUT2D eigenvalue weighted by Crippen LogP contribution is 2.22. The fourth-order valence-electron chi connectivity index (χ4n) is 4.27. The van der Waals surface area contributed by atoms with Gasteiger partial charge in [-0.15, -0.1) is 0 Å². The molecule has 0 aliphatic carbocycles. The molecule has 4 heteroatoms. The molecule has 4 nitrogen and oxygen atoms in total. The molecular formula is C30H46NO3+. The van der Waals surface area contributed by atoms with E-state index in [4.69, 9.17) is 9.47 Å². The second-order valence-corrected chi connectivity index (χ2v) is 10.1. The van der Waals surface area contributed by atoms with Crippen LogP contribution in [0.3, 0.4) is 0 Å². The average molecular weight is 469 g/mol. The van der Waals surface area contributed by atoms with Crippen LogP contribution in [0, 0.1) is 0 Å². The summed E-state index contributed by atoms with van der Waals surface area (Å²) in [6.07, 6.45) is 11.2. The van der Waals surface area contributed by atoms with Gasteiger partial charge in [-0.2, -0.15) is 0 Å². The number of nitrogens with zero attached hydrogens (tertiary/aromatic N) is 1. The van der Waals surface area contributed by atoms with Crippen molar-refractivity contribution in [3.05, 3.63) is 65.7 Å². The Morgan fingerprint density at radius 1 is 0.853 bits per heavy atom. The molecule has 2 aromatic rings. The SMILES string of the molecule is CCCCCCCCCCc1ccccc1OC(C)OC(=O)CC[N+](C)(C)Cc1ccccc1. The summed E-state index contributed by atoms with van der Waals surface area (Å²) in [5.41, 5.74) is 2.46. The van der Waals surface area contributed by atoms with Crippen LogP contribution >= 0.6 is 0 Å². The fraction of sp³-hybridized carbons (Fsp3) is 0.567. The first-order valence-electron chi connectivity index (χ1n) is 13.2. The van der Waals surface area contributed by atoms with Gasteiger partial charge in [0.2, 0.25) is 6.29 Å². The van der Waals surface area contributed by atoms with Crippen LogP contribution in [0.4, 0.5) is 0 Å². The van der Waals surface area contributed by atoms with Crippen molar-refractivity contribution in [1.29, 1.82) is 0 Å². The second-order valence-electron chi connectivity index (χ2n) is 10.1. The molecule has 0 aliphatic heterocycles. The van der Waals surface area contributed by atoms with Crippen molar-refractivity contribution in [3.8, 4) is 5.75 Å². The Bertz CT molecular complexity index is 819. The maximum absolute atomic E-state index is 12.5. The van der Waals surface area contributed by atoms with E-state index in [1.165, 1.54) is 56.1 Å². The Hall–Kier alpha value is -2.33. The third-order valence-corrected chi connectivity index (χ3v) is 6.24. The second kappa shape index (κ2) is 15.5. The van der Waals surface area contributed by atoms with Gasteiger partial charge in [0.1, 0.15) is 12.3 Å². The van der Waals surface area contributed by atoms with Crippen LogP contribution in [0.1, 0.15) is 82.8 Å². The van der Waals surface area contributed by atoms with E-state index in [1.54, 1.807) is 6.92 Å². The van der Waals surface area contributed by atoms with E-state index < -0.39 is 6.29 Å². The molecule has 0 spiro atoms. The van der Waals surface area contributed by atoms with Crippen LogP contribution in [-0.4, -0.2) is 37.4 Å². The molecule has 0 amide bonds. The van der Waals surface area contributed by atoms with Crippen LogP contribution in [0.2, 0.25) is 0 Å². The zero-order valence-corrected chi connectivity index (χ0v) is 21.9. The maximum Gasteiger partial charge on any atom is 0.314 e. The van der Waals surface area contributed by atoms with Gasteiger partial charge < -0.3 is 14.0 Å². The molecule has 1 atom stereocenters. The van der Waals surface area contributed by atoms with Crippen LogP contribution in [0.25, 0.3) is 0 Å². The summed E-state index contributed by atoms with van der Waals surface area (Å²) >= 11 is 0. The third-order valence-electron chi connectivity index (χ3n) is 6.24. The number of ether oxygens (including phenoxy) is 2. The minimum atomic E-state index is -0.600. The van der Waals surface area contributed by atoms with Gasteiger partial charge in [-0.3, -0.25) is 4.79 Å². The summed E-state index contributed by atoms with van der Waals surface area (Å²) in [6.45, 7) is 5.66. The van der Waals surface area contributed by atoms with E-state index in [1.807, 2.05) is 18.2 Å². The molecule has 0 bridgehead atoms. The average Bonchev–Trinajstić information content (AvgIpc) is 2.81. The van der Waals surface area contributed by atoms with E-state index in [0.717, 1.165) is 36.2 Å². The molecule has 0 radical (unpaired) electrons. The molecule has 34 heavy (non-hydrogen) atoms. The van der Waals surface area contributed by atoms with Crippen molar-refractivity contribution in [3.63, 3.8) is 0 Å². The minimum Gasteiger partial charge on any atom is -0.455 e. The first-order valence-corrected chi connectivity index (χ1v) is 13.2. The predicted molar refractivity (Wildman–Crippen MR) is 141 cm³/mol. The van der Waals surface area contributed by atoms with Gasteiger partial charge in [0.05, 0.1) is 27.1 Å². The Labute approximate surface area is 207 Å². The summed E-state index contributed by atoms with van der Waals surface area (Å²) in [5.74, 6) is 0.609. The lowest BCUT2D eigenvalue weighted by atomic mass is 10.0. The van der Waals surface area contributed by atoms with Gasteiger partial charge in [-0.25, -0.2) is 0 Å². The Morgan fingerprint density at radius 3 is 2.18 bits per heavy atom. The van der Waals surface area contributed by atoms with Gasteiger partial charge in [-0.05, 0) is 24.5 Å². The third kappa shape index (κ3) is 11.7. The van der Waals surface area contributed by atoms with Crippen molar-refractivity contribution in [2.75, 3.05) is 20.6 Å². The van der Waals surface area contributed by atoms with E-state index in [0.29, 0.717) is 6.42 Å². The molecule has 0 fully saturated rings. The molecule has 2 aromatic carbocycles. The maximum atomic E-state index is 12.5. The quantitative estimate of drug-likeness (QED) is 0.106. The molecule has 0 N–H and O–H groups in total. The number of hydrogen-bond acceptors (Lipinski definition) is 3. The number of carbonyl (C=O) groups is 1. The number of carbonyl (C=O) groups excluding carboxylic acids is 1. The first-order chi connectivity index (χ1) is 16.4. The molecule has 0 heterocycles. The molecule has 0 aromatic heterocycles. The van der Waals surface area contributed by atoms with Gasteiger partial charge >= 0.3 is 5.97 Å². The number of aryl methyl sites for hydroxylation is 1. The van der Waals surface area contributed by atoms with Crippen LogP contribution in [-0.2, 0) is 22.5 Å². The minimum absolute atomic E-state index is 0.215. The smallest absolute Gasteiger partial charge is 0.314 e. The van der Waals surface area contributed by atoms with Gasteiger partial charge in [-0.1, -0.05) is 100 Å². The number of unbranched alkanes of at least 4 members (excludes halogenated alkanes) is 7. The Kier molecular flexibility index (Phi) is 12.8. The lowest BCUT2D eigenvalue weighted by Crippen LogP contribution is -2.40. The molecular weight excluding hydrogens is 422 g/mol. The van der Waals surface area contributed by atoms with Crippen molar-refractivity contribution in [2.24, 2.45) is 0 Å². The number of benzene rings is 2. The number of para-hydroxylation sites is 1. The van der Waals surface area contributed by atoms with E-state index >= 15 is 0 Å². The van der Waals surface area contributed by atoms with Gasteiger partial charge in [0.25, 0.3) is 0 Å². The molecule has 0 saturated heterocycles. The number of hydrogen-bond donors (Lipinski definition) is 0. The van der Waals surface area contributed by atoms with Crippen molar-refractivity contribution in [1.82, 2.24) is 0 Å². The summed E-state index contributed by atoms with van der Waals surface area (Å²) in [5, 5.41) is 0. The molecule has 0 saturated carbocycles. The zero-order valence-electron chi connectivity index (χ0n) is 21.9. The molecule has 1 unspecified atom stereocenters. The fourth-order valence-corrected chi connectivity index (χ4v) is 4.27. The lowest BCUT2D eigenvalue weighted by Gasteiger charge is -2.29. The standard InChI is InChI=1S/C30H46NO3/c1-5-6-7-8-9-10-11-15-20-28-21-16-17-22-29(28)33-26(2)34-30(32)23-24-31(3,4)25-27-18-13-12-14-19-27/h12-14,16-19,21-22,26H,5-11,15,20,23-25H2,1-4H3/q+1. The Balaban J connectivity index is 1.71. The zero-order chi connectivity index (χ0) is 24.7. The van der Waals surface area contributed by atoms with Crippen molar-refractivity contribution >= 4 is 5.97 Å². The largest absolute Gasteiger partial charge is 0.455 e. The normalized spacial score (nSPS) is 12.4. The Morgan fingerprint density at radius 2 is 1.47 bits per heavy atom. The van der Waals surface area contributed by atoms with Crippen LogP contribution in [0.15, 0.2) is 54.6 Å². The van der Waals surface area contributed by atoms with E-state index in [-0.39, 0.29) is 5.97 Å². The topological polar surface area (TPSA) is 35.5 Å². The highest BCUT2D eigenvalue weighted by Gasteiger charge is 2.20. The number of esters is 1. The number of rotatable bonds is 17. The van der Waals surface area contributed by atoms with Crippen molar-refractivity contribution < 1.29 is 18.8 Å².